The van der Waals surface area contributed by atoms with Crippen LogP contribution in [0.4, 0.5) is 5.82 Å². The van der Waals surface area contributed by atoms with E-state index < -0.39 is 0 Å². The van der Waals surface area contributed by atoms with Gasteiger partial charge in [-0.15, -0.1) is 0 Å². The lowest BCUT2D eigenvalue weighted by Gasteiger charge is -2.11. The summed E-state index contributed by atoms with van der Waals surface area (Å²) in [5.41, 5.74) is 13.1. The molecule has 3 rings (SSSR count). The zero-order valence-corrected chi connectivity index (χ0v) is 11.4. The number of nitrogens with zero attached hydrogens (tertiary/aromatic N) is 1. The third-order valence-electron chi connectivity index (χ3n) is 3.69. The number of rotatable bonds is 1. The molecule has 1 heterocycles. The summed E-state index contributed by atoms with van der Waals surface area (Å²) in [4.78, 5) is 0. The van der Waals surface area contributed by atoms with Crippen LogP contribution in [0.1, 0.15) is 16.7 Å². The third kappa shape index (κ3) is 1.78. The molecule has 3 heteroatoms. The van der Waals surface area contributed by atoms with E-state index in [1.54, 1.807) is 0 Å². The summed E-state index contributed by atoms with van der Waals surface area (Å²) in [6.07, 6.45) is 0. The summed E-state index contributed by atoms with van der Waals surface area (Å²) in [6, 6.07) is 10.7. The van der Waals surface area contributed by atoms with Crippen LogP contribution in [0.2, 0.25) is 0 Å². The van der Waals surface area contributed by atoms with Gasteiger partial charge in [-0.1, -0.05) is 29.8 Å². The highest BCUT2D eigenvalue weighted by Crippen LogP contribution is 2.33. The van der Waals surface area contributed by atoms with Crippen molar-refractivity contribution in [1.29, 1.82) is 0 Å². The molecular formula is C16H17N3. The fourth-order valence-electron chi connectivity index (χ4n) is 2.72. The molecule has 0 aliphatic rings. The van der Waals surface area contributed by atoms with Crippen LogP contribution in [0, 0.1) is 20.8 Å². The maximum Gasteiger partial charge on any atom is 0.153 e. The molecule has 0 saturated heterocycles. The first-order valence-corrected chi connectivity index (χ1v) is 6.38. The SMILES string of the molecule is Cc1ccc(-c2ccc3[nH]nc(N)c3c2C)c(C)c1. The van der Waals surface area contributed by atoms with E-state index in [0.717, 1.165) is 10.9 Å². The molecule has 0 fully saturated rings. The second-order valence-electron chi connectivity index (χ2n) is 5.09. The minimum absolute atomic E-state index is 0.569. The molecule has 3 nitrogen and oxygen atoms in total. The molecule has 0 radical (unpaired) electrons. The lowest BCUT2D eigenvalue weighted by atomic mass is 9.93. The van der Waals surface area contributed by atoms with Crippen molar-refractivity contribution in [2.75, 3.05) is 5.73 Å². The predicted octanol–water partition coefficient (Wildman–Crippen LogP) is 3.74. The van der Waals surface area contributed by atoms with Crippen molar-refractivity contribution in [2.45, 2.75) is 20.8 Å². The van der Waals surface area contributed by atoms with E-state index in [0.29, 0.717) is 5.82 Å². The van der Waals surface area contributed by atoms with Crippen LogP contribution in [-0.2, 0) is 0 Å². The first-order chi connectivity index (χ1) is 9.08. The smallest absolute Gasteiger partial charge is 0.153 e. The molecule has 0 aliphatic heterocycles. The Balaban J connectivity index is 2.30. The van der Waals surface area contributed by atoms with Crippen LogP contribution in [-0.4, -0.2) is 10.2 Å². The van der Waals surface area contributed by atoms with Gasteiger partial charge in [-0.3, -0.25) is 5.10 Å². The lowest BCUT2D eigenvalue weighted by molar-refractivity contribution is 1.13. The number of aromatic nitrogens is 2. The summed E-state index contributed by atoms with van der Waals surface area (Å²) in [7, 11) is 0. The van der Waals surface area contributed by atoms with Gasteiger partial charge in [0.05, 0.1) is 5.52 Å². The van der Waals surface area contributed by atoms with Crippen LogP contribution in [0.15, 0.2) is 30.3 Å². The van der Waals surface area contributed by atoms with Gasteiger partial charge in [0, 0.05) is 5.39 Å². The van der Waals surface area contributed by atoms with E-state index in [9.17, 15) is 0 Å². The second kappa shape index (κ2) is 4.12. The first-order valence-electron chi connectivity index (χ1n) is 6.38. The fraction of sp³-hybridized carbons (Fsp3) is 0.188. The molecule has 0 spiro atoms. The van der Waals surface area contributed by atoms with Crippen LogP contribution in [0.5, 0.6) is 0 Å². The number of aromatic amines is 1. The molecule has 0 bridgehead atoms. The van der Waals surface area contributed by atoms with E-state index in [2.05, 4.69) is 55.2 Å². The van der Waals surface area contributed by atoms with E-state index >= 15 is 0 Å². The molecule has 0 unspecified atom stereocenters. The van der Waals surface area contributed by atoms with Gasteiger partial charge in [0.2, 0.25) is 0 Å². The number of benzene rings is 2. The number of hydrogen-bond donors (Lipinski definition) is 2. The lowest BCUT2D eigenvalue weighted by Crippen LogP contribution is -1.91. The third-order valence-corrected chi connectivity index (χ3v) is 3.69. The van der Waals surface area contributed by atoms with E-state index in [1.807, 2.05) is 6.07 Å². The molecule has 0 atom stereocenters. The summed E-state index contributed by atoms with van der Waals surface area (Å²) < 4.78 is 0. The monoisotopic (exact) mass is 251 g/mol. The molecule has 3 aromatic rings. The standard InChI is InChI=1S/C16H17N3/c1-9-4-5-12(10(2)8-9)13-6-7-14-15(11(13)3)16(17)19-18-14/h4-8H,1-3H3,(H3,17,18,19). The largest absolute Gasteiger partial charge is 0.382 e. The second-order valence-corrected chi connectivity index (χ2v) is 5.09. The quantitative estimate of drug-likeness (QED) is 0.692. The highest BCUT2D eigenvalue weighted by Gasteiger charge is 2.11. The van der Waals surface area contributed by atoms with Crippen molar-refractivity contribution >= 4 is 16.7 Å². The zero-order valence-electron chi connectivity index (χ0n) is 11.4. The molecule has 0 aliphatic carbocycles. The molecule has 1 aromatic heterocycles. The Morgan fingerprint density at radius 2 is 1.74 bits per heavy atom. The van der Waals surface area contributed by atoms with Gasteiger partial charge in [0.15, 0.2) is 5.82 Å². The molecule has 2 aromatic carbocycles. The Kier molecular flexibility index (Phi) is 2.56. The summed E-state index contributed by atoms with van der Waals surface area (Å²) in [5, 5.41) is 8.06. The Morgan fingerprint density at radius 1 is 1.00 bits per heavy atom. The minimum atomic E-state index is 0.569. The van der Waals surface area contributed by atoms with Gasteiger partial charge in [-0.2, -0.15) is 5.10 Å². The van der Waals surface area contributed by atoms with Gasteiger partial charge in [0.25, 0.3) is 0 Å². The van der Waals surface area contributed by atoms with Gasteiger partial charge in [-0.25, -0.2) is 0 Å². The Hall–Kier alpha value is -2.29. The molecule has 0 saturated carbocycles. The first kappa shape index (κ1) is 11.8. The van der Waals surface area contributed by atoms with Crippen molar-refractivity contribution in [2.24, 2.45) is 0 Å². The molecule has 96 valence electrons. The fourth-order valence-corrected chi connectivity index (χ4v) is 2.72. The number of nitrogen functional groups attached to an aromatic ring is 1. The highest BCUT2D eigenvalue weighted by atomic mass is 15.1. The number of H-pyrrole nitrogens is 1. The molecular weight excluding hydrogens is 234 g/mol. The maximum absolute atomic E-state index is 5.94. The number of nitrogens with one attached hydrogen (secondary N) is 1. The van der Waals surface area contributed by atoms with Crippen LogP contribution in [0.25, 0.3) is 22.0 Å². The van der Waals surface area contributed by atoms with Crippen molar-refractivity contribution in [3.63, 3.8) is 0 Å². The van der Waals surface area contributed by atoms with Crippen molar-refractivity contribution in [3.8, 4) is 11.1 Å². The maximum atomic E-state index is 5.94. The molecule has 19 heavy (non-hydrogen) atoms. The average Bonchev–Trinajstić information content (AvgIpc) is 2.73. The van der Waals surface area contributed by atoms with E-state index in [-0.39, 0.29) is 0 Å². The van der Waals surface area contributed by atoms with Crippen LogP contribution in [0.3, 0.4) is 0 Å². The average molecular weight is 251 g/mol. The van der Waals surface area contributed by atoms with E-state index in [1.165, 1.54) is 27.8 Å². The topological polar surface area (TPSA) is 54.7 Å². The van der Waals surface area contributed by atoms with E-state index in [4.69, 9.17) is 5.73 Å². The number of aryl methyl sites for hydroxylation is 3. The minimum Gasteiger partial charge on any atom is -0.382 e. The van der Waals surface area contributed by atoms with Crippen LogP contribution >= 0.6 is 0 Å². The Morgan fingerprint density at radius 3 is 2.47 bits per heavy atom. The zero-order chi connectivity index (χ0) is 13.6. The van der Waals surface area contributed by atoms with Gasteiger partial charge in [-0.05, 0) is 49.1 Å². The van der Waals surface area contributed by atoms with Crippen LogP contribution < -0.4 is 5.73 Å². The summed E-state index contributed by atoms with van der Waals surface area (Å²) >= 11 is 0. The van der Waals surface area contributed by atoms with Crippen molar-refractivity contribution in [3.05, 3.63) is 47.0 Å². The number of anilines is 1. The predicted molar refractivity (Wildman–Crippen MR) is 80.2 cm³/mol. The Bertz CT molecular complexity index is 769. The number of nitrogens with two attached hydrogens (primary N) is 1. The Labute approximate surface area is 112 Å². The summed E-state index contributed by atoms with van der Waals surface area (Å²) in [5.74, 6) is 0.569. The van der Waals surface area contributed by atoms with Crippen molar-refractivity contribution < 1.29 is 0 Å². The highest BCUT2D eigenvalue weighted by molar-refractivity contribution is 5.96. The normalized spacial score (nSPS) is 11.1. The number of hydrogen-bond acceptors (Lipinski definition) is 2. The van der Waals surface area contributed by atoms with Gasteiger partial charge < -0.3 is 5.73 Å². The van der Waals surface area contributed by atoms with Gasteiger partial charge >= 0.3 is 0 Å². The molecule has 3 N–H and O–H groups in total. The molecule has 0 amide bonds. The van der Waals surface area contributed by atoms with Crippen molar-refractivity contribution in [1.82, 2.24) is 10.2 Å². The number of fused-ring (bicyclic) bond motifs is 1. The van der Waals surface area contributed by atoms with Gasteiger partial charge in [0.1, 0.15) is 0 Å². The summed E-state index contributed by atoms with van der Waals surface area (Å²) in [6.45, 7) is 6.36.